The van der Waals surface area contributed by atoms with Crippen LogP contribution in [-0.2, 0) is 12.8 Å². The van der Waals surface area contributed by atoms with E-state index in [2.05, 4.69) is 45.8 Å². The molecule has 0 aliphatic heterocycles. The zero-order valence-corrected chi connectivity index (χ0v) is 11.4. The Hall–Kier alpha value is -1.47. The van der Waals surface area contributed by atoms with Gasteiger partial charge in [0.2, 0.25) is 0 Å². The van der Waals surface area contributed by atoms with Crippen molar-refractivity contribution in [3.05, 3.63) is 33.6 Å². The molecule has 0 fully saturated rings. The molecule has 1 aromatic carbocycles. The third-order valence-electron chi connectivity index (χ3n) is 2.72. The van der Waals surface area contributed by atoms with E-state index in [9.17, 15) is 0 Å². The Kier molecular flexibility index (Phi) is 3.39. The zero-order valence-electron chi connectivity index (χ0n) is 9.79. The Morgan fingerprint density at radius 2 is 1.71 bits per heavy atom. The SMILES string of the molecule is CCc1nc2c(Br)ccc(C#N)c2nc1CC. The van der Waals surface area contributed by atoms with Crippen molar-refractivity contribution < 1.29 is 0 Å². The Labute approximate surface area is 109 Å². The molecule has 0 bridgehead atoms. The maximum atomic E-state index is 9.08. The number of rotatable bonds is 2. The van der Waals surface area contributed by atoms with Crippen LogP contribution in [0.5, 0.6) is 0 Å². The van der Waals surface area contributed by atoms with Gasteiger partial charge in [-0.25, -0.2) is 9.97 Å². The number of nitriles is 1. The minimum absolute atomic E-state index is 0.577. The van der Waals surface area contributed by atoms with Crippen molar-refractivity contribution in [3.63, 3.8) is 0 Å². The molecule has 1 aromatic heterocycles. The van der Waals surface area contributed by atoms with E-state index in [0.717, 1.165) is 34.2 Å². The Morgan fingerprint density at radius 1 is 1.12 bits per heavy atom. The first-order chi connectivity index (χ1) is 8.21. The molecule has 2 rings (SSSR count). The van der Waals surface area contributed by atoms with Gasteiger partial charge < -0.3 is 0 Å². The minimum Gasteiger partial charge on any atom is -0.248 e. The molecule has 1 heterocycles. The average molecular weight is 290 g/mol. The van der Waals surface area contributed by atoms with E-state index in [-0.39, 0.29) is 0 Å². The fourth-order valence-electron chi connectivity index (χ4n) is 1.83. The van der Waals surface area contributed by atoms with Gasteiger partial charge in [-0.3, -0.25) is 0 Å². The average Bonchev–Trinajstić information content (AvgIpc) is 2.38. The Balaban J connectivity index is 2.87. The van der Waals surface area contributed by atoms with Crippen LogP contribution in [0.15, 0.2) is 16.6 Å². The third-order valence-corrected chi connectivity index (χ3v) is 3.36. The monoisotopic (exact) mass is 289 g/mol. The number of hydrogen-bond donors (Lipinski definition) is 0. The normalized spacial score (nSPS) is 10.5. The van der Waals surface area contributed by atoms with Crippen molar-refractivity contribution in [1.82, 2.24) is 9.97 Å². The van der Waals surface area contributed by atoms with Crippen molar-refractivity contribution in [2.45, 2.75) is 26.7 Å². The highest BCUT2D eigenvalue weighted by molar-refractivity contribution is 9.10. The summed E-state index contributed by atoms with van der Waals surface area (Å²) in [5.41, 5.74) is 4.03. The molecule has 0 radical (unpaired) electrons. The molecule has 0 N–H and O–H groups in total. The molecule has 0 aliphatic rings. The molecule has 0 saturated carbocycles. The van der Waals surface area contributed by atoms with Gasteiger partial charge in [0, 0.05) is 4.47 Å². The molecule has 2 aromatic rings. The van der Waals surface area contributed by atoms with Crippen LogP contribution in [0.2, 0.25) is 0 Å². The quantitative estimate of drug-likeness (QED) is 0.851. The smallest absolute Gasteiger partial charge is 0.108 e. The van der Waals surface area contributed by atoms with Crippen molar-refractivity contribution in [2.75, 3.05) is 0 Å². The van der Waals surface area contributed by atoms with Crippen LogP contribution < -0.4 is 0 Å². The molecule has 86 valence electrons. The predicted molar refractivity (Wildman–Crippen MR) is 70.7 cm³/mol. The molecular weight excluding hydrogens is 278 g/mol. The molecule has 0 amide bonds. The second-order valence-corrected chi connectivity index (χ2v) is 4.58. The highest BCUT2D eigenvalue weighted by atomic mass is 79.9. The second kappa shape index (κ2) is 4.80. The summed E-state index contributed by atoms with van der Waals surface area (Å²) in [6.07, 6.45) is 1.69. The van der Waals surface area contributed by atoms with E-state index in [4.69, 9.17) is 5.26 Å². The lowest BCUT2D eigenvalue weighted by Crippen LogP contribution is -2.01. The largest absolute Gasteiger partial charge is 0.248 e. The Bertz CT molecular complexity index is 614. The van der Waals surface area contributed by atoms with Gasteiger partial charge in [-0.2, -0.15) is 5.26 Å². The Morgan fingerprint density at radius 3 is 2.24 bits per heavy atom. The standard InChI is InChI=1S/C13H12BrN3/c1-3-10-11(4-2)17-13-9(14)6-5-8(7-15)12(13)16-10/h5-6H,3-4H2,1-2H3. The number of aromatic nitrogens is 2. The van der Waals surface area contributed by atoms with Crippen LogP contribution in [-0.4, -0.2) is 9.97 Å². The first-order valence-corrected chi connectivity index (χ1v) is 6.38. The van der Waals surface area contributed by atoms with Crippen LogP contribution in [0.3, 0.4) is 0 Å². The van der Waals surface area contributed by atoms with E-state index >= 15 is 0 Å². The highest BCUT2D eigenvalue weighted by Gasteiger charge is 2.11. The van der Waals surface area contributed by atoms with Crippen LogP contribution in [0, 0.1) is 11.3 Å². The van der Waals surface area contributed by atoms with Gasteiger partial charge in [-0.1, -0.05) is 13.8 Å². The first kappa shape index (κ1) is 12.0. The molecule has 0 spiro atoms. The van der Waals surface area contributed by atoms with Crippen molar-refractivity contribution >= 4 is 27.0 Å². The topological polar surface area (TPSA) is 49.6 Å². The van der Waals surface area contributed by atoms with E-state index < -0.39 is 0 Å². The van der Waals surface area contributed by atoms with Crippen LogP contribution >= 0.6 is 15.9 Å². The van der Waals surface area contributed by atoms with E-state index in [1.807, 2.05) is 6.07 Å². The number of nitrogens with zero attached hydrogens (tertiary/aromatic N) is 3. The van der Waals surface area contributed by atoms with Crippen LogP contribution in [0.1, 0.15) is 30.8 Å². The van der Waals surface area contributed by atoms with Gasteiger partial charge in [0.25, 0.3) is 0 Å². The van der Waals surface area contributed by atoms with Crippen LogP contribution in [0.25, 0.3) is 11.0 Å². The molecule has 0 atom stereocenters. The van der Waals surface area contributed by atoms with Gasteiger partial charge in [0.15, 0.2) is 0 Å². The van der Waals surface area contributed by atoms with Crippen LogP contribution in [0.4, 0.5) is 0 Å². The van der Waals surface area contributed by atoms with Crippen molar-refractivity contribution in [1.29, 1.82) is 5.26 Å². The summed E-state index contributed by atoms with van der Waals surface area (Å²) < 4.78 is 0.886. The summed E-state index contributed by atoms with van der Waals surface area (Å²) in [4.78, 5) is 9.19. The lowest BCUT2D eigenvalue weighted by Gasteiger charge is -2.08. The lowest BCUT2D eigenvalue weighted by atomic mass is 10.1. The van der Waals surface area contributed by atoms with Crippen molar-refractivity contribution in [2.24, 2.45) is 0 Å². The molecule has 0 aliphatic carbocycles. The van der Waals surface area contributed by atoms with Crippen molar-refractivity contribution in [3.8, 4) is 6.07 Å². The van der Waals surface area contributed by atoms with E-state index in [0.29, 0.717) is 11.1 Å². The fourth-order valence-corrected chi connectivity index (χ4v) is 2.24. The second-order valence-electron chi connectivity index (χ2n) is 3.73. The summed E-state index contributed by atoms with van der Waals surface area (Å²) in [5, 5.41) is 9.08. The number of halogens is 1. The fraction of sp³-hybridized carbons (Fsp3) is 0.308. The molecule has 0 saturated heterocycles. The molecular formula is C13H12BrN3. The summed E-state index contributed by atoms with van der Waals surface area (Å²) >= 11 is 3.46. The third kappa shape index (κ3) is 2.03. The maximum Gasteiger partial charge on any atom is 0.108 e. The minimum atomic E-state index is 0.577. The zero-order chi connectivity index (χ0) is 12.4. The number of fused-ring (bicyclic) bond motifs is 1. The molecule has 4 heteroatoms. The van der Waals surface area contributed by atoms with Gasteiger partial charge in [0.05, 0.1) is 17.0 Å². The first-order valence-electron chi connectivity index (χ1n) is 5.59. The van der Waals surface area contributed by atoms with Gasteiger partial charge in [-0.05, 0) is 40.9 Å². The maximum absolute atomic E-state index is 9.08. The number of benzene rings is 1. The number of hydrogen-bond acceptors (Lipinski definition) is 3. The summed E-state index contributed by atoms with van der Waals surface area (Å²) in [6, 6.07) is 5.78. The summed E-state index contributed by atoms with van der Waals surface area (Å²) in [6.45, 7) is 4.12. The lowest BCUT2D eigenvalue weighted by molar-refractivity contribution is 0.929. The van der Waals surface area contributed by atoms with Gasteiger partial charge in [-0.15, -0.1) is 0 Å². The summed E-state index contributed by atoms with van der Waals surface area (Å²) in [5.74, 6) is 0. The van der Waals surface area contributed by atoms with Gasteiger partial charge in [0.1, 0.15) is 17.1 Å². The molecule has 3 nitrogen and oxygen atoms in total. The molecule has 17 heavy (non-hydrogen) atoms. The molecule has 0 unspecified atom stereocenters. The summed E-state index contributed by atoms with van der Waals surface area (Å²) in [7, 11) is 0. The van der Waals surface area contributed by atoms with E-state index in [1.54, 1.807) is 6.07 Å². The van der Waals surface area contributed by atoms with E-state index in [1.165, 1.54) is 0 Å². The van der Waals surface area contributed by atoms with Gasteiger partial charge >= 0.3 is 0 Å². The highest BCUT2D eigenvalue weighted by Crippen LogP contribution is 2.25. The number of aryl methyl sites for hydroxylation is 2. The predicted octanol–water partition coefficient (Wildman–Crippen LogP) is 3.39.